The Bertz CT molecular complexity index is 1210. The zero-order valence-electron chi connectivity index (χ0n) is 15.6. The van der Waals surface area contributed by atoms with E-state index in [2.05, 4.69) is 11.4 Å². The van der Waals surface area contributed by atoms with Gasteiger partial charge in [-0.3, -0.25) is 14.2 Å². The molecule has 1 aromatic heterocycles. The summed E-state index contributed by atoms with van der Waals surface area (Å²) in [6.07, 6.45) is 0. The van der Waals surface area contributed by atoms with Gasteiger partial charge in [-0.25, -0.2) is 0 Å². The second kappa shape index (κ2) is 7.96. The van der Waals surface area contributed by atoms with Crippen LogP contribution in [0.2, 0.25) is 10.0 Å². The molecule has 0 spiro atoms. The fourth-order valence-electron chi connectivity index (χ4n) is 3.91. The number of aromatic nitrogens is 1. The molecule has 9 heteroatoms. The Balaban J connectivity index is 1.44. The molecule has 30 heavy (non-hydrogen) atoms. The van der Waals surface area contributed by atoms with Gasteiger partial charge in [-0.2, -0.15) is 0 Å². The number of carbonyl (C=O) groups is 1. The number of fused-ring (bicyclic) bond motifs is 5. The predicted octanol–water partition coefficient (Wildman–Crippen LogP) is 5.10. The lowest BCUT2D eigenvalue weighted by molar-refractivity contribution is -0.116. The first kappa shape index (κ1) is 20.0. The van der Waals surface area contributed by atoms with Crippen LogP contribution < -0.4 is 14.9 Å². The van der Waals surface area contributed by atoms with Gasteiger partial charge in [0.1, 0.15) is 12.3 Å². The molecule has 0 bridgehead atoms. The summed E-state index contributed by atoms with van der Waals surface area (Å²) in [7, 11) is 0. The molecule has 1 N–H and O–H groups in total. The van der Waals surface area contributed by atoms with E-state index in [1.54, 1.807) is 34.5 Å². The molecule has 2 aromatic carbocycles. The molecule has 0 unspecified atom stereocenters. The maximum Gasteiger partial charge on any atom is 0.308 e. The third-order valence-corrected chi connectivity index (χ3v) is 8.51. The van der Waals surface area contributed by atoms with E-state index in [-0.39, 0.29) is 23.2 Å². The Morgan fingerprint density at radius 2 is 2.03 bits per heavy atom. The quantitative estimate of drug-likeness (QED) is 0.568. The highest BCUT2D eigenvalue weighted by molar-refractivity contribution is 7.99. The minimum absolute atomic E-state index is 0.0482. The highest BCUT2D eigenvalue weighted by Crippen LogP contribution is 2.50. The van der Waals surface area contributed by atoms with Gasteiger partial charge in [0.05, 0.1) is 21.7 Å². The first-order valence-corrected chi connectivity index (χ1v) is 11.9. The molecule has 0 radical (unpaired) electrons. The lowest BCUT2D eigenvalue weighted by Gasteiger charge is -2.36. The second-order valence-corrected chi connectivity index (χ2v) is 10.0. The summed E-state index contributed by atoms with van der Waals surface area (Å²) >= 11 is 14.8. The van der Waals surface area contributed by atoms with E-state index in [1.807, 2.05) is 18.2 Å². The van der Waals surface area contributed by atoms with E-state index in [9.17, 15) is 9.59 Å². The van der Waals surface area contributed by atoms with E-state index in [4.69, 9.17) is 27.9 Å². The van der Waals surface area contributed by atoms with Crippen LogP contribution in [0, 0.1) is 5.92 Å². The highest BCUT2D eigenvalue weighted by atomic mass is 35.5. The van der Waals surface area contributed by atoms with Crippen LogP contribution in [0.5, 0.6) is 5.75 Å². The Kier molecular flexibility index (Phi) is 5.31. The van der Waals surface area contributed by atoms with Gasteiger partial charge in [0.15, 0.2) is 0 Å². The number of amides is 1. The summed E-state index contributed by atoms with van der Waals surface area (Å²) in [5.41, 5.74) is 1.65. The topological polar surface area (TPSA) is 60.3 Å². The number of hydrogen-bond acceptors (Lipinski definition) is 5. The number of thiazole rings is 1. The Morgan fingerprint density at radius 3 is 2.87 bits per heavy atom. The molecule has 0 saturated carbocycles. The molecule has 5 rings (SSSR count). The number of nitrogens with zero attached hydrogens (tertiary/aromatic N) is 1. The molecule has 2 aliphatic heterocycles. The van der Waals surface area contributed by atoms with Gasteiger partial charge in [-0.1, -0.05) is 52.7 Å². The highest BCUT2D eigenvalue weighted by Gasteiger charge is 2.39. The molecule has 1 amide bonds. The SMILES string of the molecule is O=C(Cn1c2c(sc1=O)[C@@H]1c3ccccc3OC[C@H]1CS2)Nc1ccc(Cl)c(Cl)c1. The first-order chi connectivity index (χ1) is 14.5. The Morgan fingerprint density at radius 1 is 1.20 bits per heavy atom. The molecular formula is C21H16Cl2N2O3S2. The zero-order chi connectivity index (χ0) is 20.8. The van der Waals surface area contributed by atoms with Crippen LogP contribution in [0.15, 0.2) is 52.3 Å². The van der Waals surface area contributed by atoms with Crippen molar-refractivity contribution in [1.82, 2.24) is 4.57 Å². The van der Waals surface area contributed by atoms with Crippen molar-refractivity contribution in [3.8, 4) is 5.75 Å². The number of hydrogen-bond donors (Lipinski definition) is 1. The maximum absolute atomic E-state index is 12.8. The van der Waals surface area contributed by atoms with Crippen molar-refractivity contribution < 1.29 is 9.53 Å². The van der Waals surface area contributed by atoms with Gasteiger partial charge < -0.3 is 10.1 Å². The summed E-state index contributed by atoms with van der Waals surface area (Å²) in [6.45, 7) is 0.589. The number of benzene rings is 2. The van der Waals surface area contributed by atoms with E-state index in [0.29, 0.717) is 28.3 Å². The fourth-order valence-corrected chi connectivity index (χ4v) is 6.90. The Hall–Kier alpha value is -1.93. The third kappa shape index (κ3) is 3.54. The molecule has 3 heterocycles. The van der Waals surface area contributed by atoms with Crippen molar-refractivity contribution in [2.24, 2.45) is 5.92 Å². The van der Waals surface area contributed by atoms with Crippen molar-refractivity contribution in [1.29, 1.82) is 0 Å². The van der Waals surface area contributed by atoms with Gasteiger partial charge >= 0.3 is 4.87 Å². The molecule has 2 atom stereocenters. The average Bonchev–Trinajstić information content (AvgIpc) is 3.05. The largest absolute Gasteiger partial charge is 0.493 e. The molecule has 0 saturated heterocycles. The van der Waals surface area contributed by atoms with Crippen molar-refractivity contribution in [2.75, 3.05) is 17.7 Å². The van der Waals surface area contributed by atoms with Crippen LogP contribution >= 0.6 is 46.3 Å². The molecule has 154 valence electrons. The summed E-state index contributed by atoms with van der Waals surface area (Å²) < 4.78 is 7.49. The van der Waals surface area contributed by atoms with E-state index in [1.165, 1.54) is 11.3 Å². The van der Waals surface area contributed by atoms with Crippen molar-refractivity contribution in [3.05, 3.63) is 72.6 Å². The summed E-state index contributed by atoms with van der Waals surface area (Å²) in [5, 5.41) is 4.45. The maximum atomic E-state index is 12.8. The number of ether oxygens (including phenoxy) is 1. The van der Waals surface area contributed by atoms with Crippen LogP contribution in [0.4, 0.5) is 5.69 Å². The third-order valence-electron chi connectivity index (χ3n) is 5.27. The average molecular weight is 479 g/mol. The number of thioether (sulfide) groups is 1. The second-order valence-electron chi connectivity index (χ2n) is 7.20. The minimum atomic E-state index is -0.286. The first-order valence-electron chi connectivity index (χ1n) is 9.34. The Labute approximate surface area is 191 Å². The van der Waals surface area contributed by atoms with Crippen LogP contribution in [-0.4, -0.2) is 22.8 Å². The summed E-state index contributed by atoms with van der Waals surface area (Å²) in [5.74, 6) is 1.88. The standard InChI is InChI=1S/C21H16Cl2N2O3S2/c22-14-6-5-12(7-15(14)23)24-17(26)8-25-20-19(30-21(25)27)18-11(10-29-20)9-28-16-4-2-1-3-13(16)18/h1-7,11,18H,8-10H2,(H,24,26)/t11-,18-/m0/s1. The molecule has 0 fully saturated rings. The van der Waals surface area contributed by atoms with Crippen LogP contribution in [0.25, 0.3) is 0 Å². The molecular weight excluding hydrogens is 463 g/mol. The number of carbonyl (C=O) groups excluding carboxylic acids is 1. The molecule has 2 aliphatic rings. The number of anilines is 1. The number of halogens is 2. The number of rotatable bonds is 3. The number of para-hydroxylation sites is 1. The monoisotopic (exact) mass is 478 g/mol. The molecule has 5 nitrogen and oxygen atoms in total. The molecule has 3 aromatic rings. The molecule has 0 aliphatic carbocycles. The van der Waals surface area contributed by atoms with Crippen molar-refractivity contribution in [2.45, 2.75) is 17.5 Å². The number of nitrogens with one attached hydrogen (secondary N) is 1. The van der Waals surface area contributed by atoms with E-state index in [0.717, 1.165) is 27.0 Å². The van der Waals surface area contributed by atoms with Crippen molar-refractivity contribution in [3.63, 3.8) is 0 Å². The van der Waals surface area contributed by atoms with Crippen molar-refractivity contribution >= 4 is 57.9 Å². The van der Waals surface area contributed by atoms with Gasteiger partial charge in [0, 0.05) is 33.7 Å². The van der Waals surface area contributed by atoms with E-state index >= 15 is 0 Å². The zero-order valence-corrected chi connectivity index (χ0v) is 18.7. The lowest BCUT2D eigenvalue weighted by Crippen LogP contribution is -2.31. The van der Waals surface area contributed by atoms with Gasteiger partial charge in [0.2, 0.25) is 5.91 Å². The predicted molar refractivity (Wildman–Crippen MR) is 122 cm³/mol. The normalized spacial score (nSPS) is 19.3. The minimum Gasteiger partial charge on any atom is -0.493 e. The van der Waals surface area contributed by atoms with Gasteiger partial charge in [0.25, 0.3) is 0 Å². The van der Waals surface area contributed by atoms with Gasteiger partial charge in [-0.05, 0) is 24.3 Å². The van der Waals surface area contributed by atoms with Crippen LogP contribution in [0.1, 0.15) is 16.4 Å². The summed E-state index contributed by atoms with van der Waals surface area (Å²) in [6, 6.07) is 12.9. The summed E-state index contributed by atoms with van der Waals surface area (Å²) in [4.78, 5) is 26.3. The smallest absolute Gasteiger partial charge is 0.308 e. The lowest BCUT2D eigenvalue weighted by atomic mass is 9.84. The van der Waals surface area contributed by atoms with Crippen LogP contribution in [0.3, 0.4) is 0 Å². The fraction of sp³-hybridized carbons (Fsp3) is 0.238. The van der Waals surface area contributed by atoms with Gasteiger partial charge in [-0.15, -0.1) is 11.8 Å². The van der Waals surface area contributed by atoms with E-state index < -0.39 is 0 Å². The van der Waals surface area contributed by atoms with Crippen LogP contribution in [-0.2, 0) is 11.3 Å².